The number of nitrogens with one attached hydrogen (secondary N) is 1. The fourth-order valence-corrected chi connectivity index (χ4v) is 3.36. The van der Waals surface area contributed by atoms with Crippen LogP contribution in [0.5, 0.6) is 0 Å². The van der Waals surface area contributed by atoms with E-state index in [0.29, 0.717) is 11.1 Å². The summed E-state index contributed by atoms with van der Waals surface area (Å²) in [7, 11) is -3.71. The van der Waals surface area contributed by atoms with E-state index in [1.54, 1.807) is 48.5 Å². The number of nitrogen functional groups attached to an aromatic ring is 1. The maximum absolute atomic E-state index is 12.5. The Morgan fingerprint density at radius 2 is 1.86 bits per heavy atom. The Bertz CT molecular complexity index is 893. The van der Waals surface area contributed by atoms with Gasteiger partial charge in [-0.05, 0) is 35.7 Å². The Balaban J connectivity index is 2.11. The van der Waals surface area contributed by atoms with E-state index in [2.05, 4.69) is 9.71 Å². The van der Waals surface area contributed by atoms with Gasteiger partial charge in [0.1, 0.15) is 5.82 Å². The first kappa shape index (κ1) is 13.4. The number of fused-ring (bicyclic) bond motifs is 1. The van der Waals surface area contributed by atoms with Gasteiger partial charge in [-0.1, -0.05) is 24.3 Å². The highest BCUT2D eigenvalue weighted by molar-refractivity contribution is 7.93. The molecule has 0 saturated carbocycles. The molecular formula is C15H13N3O2S. The first-order chi connectivity index (χ1) is 10.1. The number of nitrogens with two attached hydrogens (primary N) is 1. The monoisotopic (exact) mass is 299 g/mol. The van der Waals surface area contributed by atoms with Crippen LogP contribution in [0.1, 0.15) is 0 Å². The number of sulfonamides is 1. The van der Waals surface area contributed by atoms with Crippen LogP contribution in [-0.2, 0) is 10.0 Å². The minimum absolute atomic E-state index is 0.200. The molecule has 0 atom stereocenters. The van der Waals surface area contributed by atoms with Gasteiger partial charge in [0, 0.05) is 17.3 Å². The van der Waals surface area contributed by atoms with Crippen LogP contribution in [-0.4, -0.2) is 13.4 Å². The van der Waals surface area contributed by atoms with Crippen LogP contribution in [0.2, 0.25) is 0 Å². The predicted octanol–water partition coefficient (Wildman–Crippen LogP) is 2.62. The maximum Gasteiger partial charge on any atom is 0.263 e. The molecule has 1 aromatic heterocycles. The van der Waals surface area contributed by atoms with Gasteiger partial charge in [-0.3, -0.25) is 4.72 Å². The standard InChI is InChI=1S/C15H13N3O2S/c16-12-7-8-13-11(10-12)4-3-5-14(13)21(19,20)18-15-6-1-2-9-17-15/h1-10H,16H2,(H,17,18). The lowest BCUT2D eigenvalue weighted by molar-refractivity contribution is 0.602. The van der Waals surface area contributed by atoms with E-state index in [-0.39, 0.29) is 10.7 Å². The van der Waals surface area contributed by atoms with E-state index < -0.39 is 10.0 Å². The molecule has 0 fully saturated rings. The summed E-state index contributed by atoms with van der Waals surface area (Å²) in [6.45, 7) is 0. The summed E-state index contributed by atoms with van der Waals surface area (Å²) in [4.78, 5) is 4.17. The van der Waals surface area contributed by atoms with Crippen molar-refractivity contribution in [3.05, 3.63) is 60.8 Å². The summed E-state index contributed by atoms with van der Waals surface area (Å²) < 4.78 is 27.5. The molecule has 0 aliphatic rings. The molecule has 1 heterocycles. The Morgan fingerprint density at radius 3 is 2.62 bits per heavy atom. The number of anilines is 2. The van der Waals surface area contributed by atoms with E-state index in [0.717, 1.165) is 5.39 Å². The minimum Gasteiger partial charge on any atom is -0.399 e. The highest BCUT2D eigenvalue weighted by atomic mass is 32.2. The van der Waals surface area contributed by atoms with Crippen LogP contribution in [0, 0.1) is 0 Å². The van der Waals surface area contributed by atoms with Crippen molar-refractivity contribution in [2.45, 2.75) is 4.90 Å². The van der Waals surface area contributed by atoms with Crippen LogP contribution in [0.3, 0.4) is 0 Å². The normalized spacial score (nSPS) is 11.4. The lowest BCUT2D eigenvalue weighted by Crippen LogP contribution is -2.14. The molecule has 0 aliphatic carbocycles. The first-order valence-electron chi connectivity index (χ1n) is 6.28. The molecule has 6 heteroatoms. The molecule has 0 aliphatic heterocycles. The fraction of sp³-hybridized carbons (Fsp3) is 0. The van der Waals surface area contributed by atoms with Crippen molar-refractivity contribution < 1.29 is 8.42 Å². The molecule has 5 nitrogen and oxygen atoms in total. The molecule has 3 N–H and O–H groups in total. The van der Waals surface area contributed by atoms with Crippen molar-refractivity contribution in [1.82, 2.24) is 4.98 Å². The number of hydrogen-bond acceptors (Lipinski definition) is 4. The summed E-state index contributed by atoms with van der Waals surface area (Å²) in [5.41, 5.74) is 6.32. The maximum atomic E-state index is 12.5. The molecule has 3 aromatic rings. The van der Waals surface area contributed by atoms with Crippen molar-refractivity contribution in [1.29, 1.82) is 0 Å². The molecule has 0 unspecified atom stereocenters. The zero-order chi connectivity index (χ0) is 14.9. The van der Waals surface area contributed by atoms with E-state index >= 15 is 0 Å². The second kappa shape index (κ2) is 5.06. The van der Waals surface area contributed by atoms with E-state index in [1.807, 2.05) is 6.07 Å². The molecule has 0 saturated heterocycles. The molecule has 0 amide bonds. The van der Waals surface area contributed by atoms with Crippen LogP contribution < -0.4 is 10.5 Å². The van der Waals surface area contributed by atoms with Crippen LogP contribution in [0.4, 0.5) is 11.5 Å². The largest absolute Gasteiger partial charge is 0.399 e. The van der Waals surface area contributed by atoms with Gasteiger partial charge in [0.05, 0.1) is 4.90 Å². The summed E-state index contributed by atoms with van der Waals surface area (Å²) in [6.07, 6.45) is 1.53. The van der Waals surface area contributed by atoms with Crippen LogP contribution >= 0.6 is 0 Å². The molecular weight excluding hydrogens is 286 g/mol. The quantitative estimate of drug-likeness (QED) is 0.728. The van der Waals surface area contributed by atoms with Gasteiger partial charge in [0.25, 0.3) is 10.0 Å². The van der Waals surface area contributed by atoms with E-state index in [9.17, 15) is 8.42 Å². The molecule has 2 aromatic carbocycles. The second-order valence-corrected chi connectivity index (χ2v) is 6.21. The van der Waals surface area contributed by atoms with Crippen molar-refractivity contribution in [2.24, 2.45) is 0 Å². The minimum atomic E-state index is -3.71. The third kappa shape index (κ3) is 2.66. The fourth-order valence-electron chi connectivity index (χ4n) is 2.12. The lowest BCUT2D eigenvalue weighted by Gasteiger charge is -2.10. The Labute approximate surface area is 122 Å². The van der Waals surface area contributed by atoms with Gasteiger partial charge < -0.3 is 5.73 Å². The number of rotatable bonds is 3. The third-order valence-corrected chi connectivity index (χ3v) is 4.47. The topological polar surface area (TPSA) is 85.1 Å². The zero-order valence-corrected chi connectivity index (χ0v) is 11.8. The van der Waals surface area contributed by atoms with Crippen molar-refractivity contribution in [3.8, 4) is 0 Å². The zero-order valence-electron chi connectivity index (χ0n) is 11.0. The number of benzene rings is 2. The van der Waals surface area contributed by atoms with E-state index in [1.165, 1.54) is 6.20 Å². The van der Waals surface area contributed by atoms with Gasteiger partial charge in [-0.25, -0.2) is 13.4 Å². The Hall–Kier alpha value is -2.60. The van der Waals surface area contributed by atoms with Crippen molar-refractivity contribution in [3.63, 3.8) is 0 Å². The van der Waals surface area contributed by atoms with Crippen molar-refractivity contribution >= 4 is 32.3 Å². The van der Waals surface area contributed by atoms with Crippen LogP contribution in [0.15, 0.2) is 65.7 Å². The molecule has 21 heavy (non-hydrogen) atoms. The third-order valence-electron chi connectivity index (χ3n) is 3.06. The van der Waals surface area contributed by atoms with Gasteiger partial charge >= 0.3 is 0 Å². The number of hydrogen-bond donors (Lipinski definition) is 2. The number of pyridine rings is 1. The summed E-state index contributed by atoms with van der Waals surface area (Å²) in [5.74, 6) is 0.282. The van der Waals surface area contributed by atoms with Gasteiger partial charge in [-0.2, -0.15) is 0 Å². The predicted molar refractivity (Wildman–Crippen MR) is 83.4 cm³/mol. The second-order valence-electron chi connectivity index (χ2n) is 4.56. The molecule has 0 spiro atoms. The van der Waals surface area contributed by atoms with Gasteiger partial charge in [-0.15, -0.1) is 0 Å². The summed E-state index contributed by atoms with van der Waals surface area (Å²) in [5, 5.41) is 1.40. The average Bonchev–Trinajstić information content (AvgIpc) is 2.47. The highest BCUT2D eigenvalue weighted by Gasteiger charge is 2.17. The summed E-state index contributed by atoms with van der Waals surface area (Å²) in [6, 6.07) is 15.2. The highest BCUT2D eigenvalue weighted by Crippen LogP contribution is 2.26. The number of aromatic nitrogens is 1. The Kier molecular flexibility index (Phi) is 3.23. The van der Waals surface area contributed by atoms with E-state index in [4.69, 9.17) is 5.73 Å². The molecule has 0 radical (unpaired) electrons. The first-order valence-corrected chi connectivity index (χ1v) is 7.77. The van der Waals surface area contributed by atoms with Gasteiger partial charge in [0.2, 0.25) is 0 Å². The lowest BCUT2D eigenvalue weighted by atomic mass is 10.1. The van der Waals surface area contributed by atoms with Crippen LogP contribution in [0.25, 0.3) is 10.8 Å². The molecule has 0 bridgehead atoms. The van der Waals surface area contributed by atoms with Crippen molar-refractivity contribution in [2.75, 3.05) is 10.5 Å². The SMILES string of the molecule is Nc1ccc2c(S(=O)(=O)Nc3ccccn3)cccc2c1. The molecule has 3 rings (SSSR count). The average molecular weight is 299 g/mol. The molecule has 106 valence electrons. The Morgan fingerprint density at radius 1 is 1.00 bits per heavy atom. The smallest absolute Gasteiger partial charge is 0.263 e. The number of nitrogens with zero attached hydrogens (tertiary/aromatic N) is 1. The van der Waals surface area contributed by atoms with Gasteiger partial charge in [0.15, 0.2) is 0 Å². The summed E-state index contributed by atoms with van der Waals surface area (Å²) >= 11 is 0.